The molecule has 0 N–H and O–H groups in total. The van der Waals surface area contributed by atoms with Crippen molar-refractivity contribution >= 4 is 33.4 Å². The average molecular weight is 413 g/mol. The van der Waals surface area contributed by atoms with Crippen LogP contribution in [0.3, 0.4) is 0 Å². The number of ether oxygens (including phenoxy) is 2. The highest BCUT2D eigenvalue weighted by Crippen LogP contribution is 2.20. The maximum Gasteiger partial charge on any atom is 0.337 e. The third-order valence-corrected chi connectivity index (χ3v) is 5.67. The van der Waals surface area contributed by atoms with E-state index in [1.807, 2.05) is 34.9 Å². The molecule has 29 heavy (non-hydrogen) atoms. The number of thiazole rings is 1. The van der Waals surface area contributed by atoms with Gasteiger partial charge in [-0.3, -0.25) is 4.79 Å². The van der Waals surface area contributed by atoms with Crippen LogP contribution >= 0.6 is 11.3 Å². The van der Waals surface area contributed by atoms with E-state index < -0.39 is 5.97 Å². The van der Waals surface area contributed by atoms with Gasteiger partial charge in [-0.15, -0.1) is 0 Å². The lowest BCUT2D eigenvalue weighted by molar-refractivity contribution is -0.117. The monoisotopic (exact) mass is 412 g/mol. The van der Waals surface area contributed by atoms with Crippen molar-refractivity contribution in [2.75, 3.05) is 20.8 Å². The quantitative estimate of drug-likeness (QED) is 0.558. The van der Waals surface area contributed by atoms with Crippen LogP contribution in [0.5, 0.6) is 0 Å². The Morgan fingerprint density at radius 1 is 1.07 bits per heavy atom. The molecule has 0 atom stereocenters. The molecular weight excluding hydrogens is 388 g/mol. The average Bonchev–Trinajstić information content (AvgIpc) is 3.07. The Morgan fingerprint density at radius 3 is 2.45 bits per heavy atom. The first-order valence-corrected chi connectivity index (χ1v) is 10.2. The molecule has 1 aromatic heterocycles. The van der Waals surface area contributed by atoms with Crippen LogP contribution in [-0.2, 0) is 33.7 Å². The van der Waals surface area contributed by atoms with E-state index >= 15 is 0 Å². The molecule has 7 heteroatoms. The van der Waals surface area contributed by atoms with Crippen LogP contribution in [0.4, 0.5) is 0 Å². The van der Waals surface area contributed by atoms with Crippen molar-refractivity contribution in [3.63, 3.8) is 0 Å². The van der Waals surface area contributed by atoms with Crippen molar-refractivity contribution < 1.29 is 19.1 Å². The molecule has 3 rings (SSSR count). The summed E-state index contributed by atoms with van der Waals surface area (Å²) in [5.41, 5.74) is 3.54. The van der Waals surface area contributed by atoms with Crippen molar-refractivity contribution in [1.29, 1.82) is 0 Å². The van der Waals surface area contributed by atoms with Gasteiger partial charge in [0.25, 0.3) is 5.91 Å². The van der Waals surface area contributed by atoms with Crippen LogP contribution < -0.4 is 4.80 Å². The zero-order valence-corrected chi connectivity index (χ0v) is 17.6. The number of carbonyl (C=O) groups is 2. The molecule has 0 bridgehead atoms. The highest BCUT2D eigenvalue weighted by Gasteiger charge is 2.12. The van der Waals surface area contributed by atoms with Crippen molar-refractivity contribution in [1.82, 2.24) is 4.57 Å². The number of hydrogen-bond acceptors (Lipinski definition) is 5. The number of aryl methyl sites for hydroxylation is 1. The van der Waals surface area contributed by atoms with Crippen LogP contribution in [0, 0.1) is 0 Å². The lowest BCUT2D eigenvalue weighted by Gasteiger charge is -2.05. The molecule has 0 aliphatic carbocycles. The predicted molar refractivity (Wildman–Crippen MR) is 113 cm³/mol. The van der Waals surface area contributed by atoms with Gasteiger partial charge in [0.05, 0.1) is 35.9 Å². The first-order chi connectivity index (χ1) is 14.0. The highest BCUT2D eigenvalue weighted by atomic mass is 32.1. The van der Waals surface area contributed by atoms with Crippen LogP contribution in [0.2, 0.25) is 0 Å². The summed E-state index contributed by atoms with van der Waals surface area (Å²) in [4.78, 5) is 29.4. The van der Waals surface area contributed by atoms with E-state index in [1.165, 1.54) is 24.0 Å². The van der Waals surface area contributed by atoms with Crippen LogP contribution in [-0.4, -0.2) is 37.3 Å². The van der Waals surface area contributed by atoms with E-state index in [9.17, 15) is 9.59 Å². The second kappa shape index (κ2) is 9.62. The maximum absolute atomic E-state index is 12.6. The molecule has 152 valence electrons. The number of fused-ring (bicyclic) bond motifs is 1. The summed E-state index contributed by atoms with van der Waals surface area (Å²) < 4.78 is 12.8. The molecule has 0 saturated carbocycles. The fraction of sp³-hybridized carbons (Fsp3) is 0.318. The summed E-state index contributed by atoms with van der Waals surface area (Å²) >= 11 is 1.37. The first kappa shape index (κ1) is 21.0. The van der Waals surface area contributed by atoms with Gasteiger partial charge in [-0.1, -0.05) is 42.5 Å². The number of amides is 1. The normalized spacial score (nSPS) is 11.8. The lowest BCUT2D eigenvalue weighted by Crippen LogP contribution is -2.19. The Morgan fingerprint density at radius 2 is 1.79 bits per heavy atom. The van der Waals surface area contributed by atoms with E-state index in [0.717, 1.165) is 22.2 Å². The van der Waals surface area contributed by atoms with Gasteiger partial charge in [0.2, 0.25) is 0 Å². The van der Waals surface area contributed by atoms with Crippen molar-refractivity contribution in [3.05, 3.63) is 64.0 Å². The molecule has 0 fully saturated rings. The van der Waals surface area contributed by atoms with Gasteiger partial charge in [-0.2, -0.15) is 4.99 Å². The number of esters is 1. The van der Waals surface area contributed by atoms with Gasteiger partial charge in [0.1, 0.15) is 0 Å². The van der Waals surface area contributed by atoms with E-state index in [-0.39, 0.29) is 12.3 Å². The molecule has 0 aliphatic heterocycles. The minimum absolute atomic E-state index is 0.208. The molecule has 0 radical (unpaired) electrons. The number of carbonyl (C=O) groups excluding carboxylic acids is 2. The second-order valence-corrected chi connectivity index (χ2v) is 7.56. The van der Waals surface area contributed by atoms with Gasteiger partial charge in [0, 0.05) is 13.7 Å². The van der Waals surface area contributed by atoms with Gasteiger partial charge < -0.3 is 14.0 Å². The number of hydrogen-bond donors (Lipinski definition) is 0. The van der Waals surface area contributed by atoms with Crippen molar-refractivity contribution in [2.45, 2.75) is 26.3 Å². The highest BCUT2D eigenvalue weighted by molar-refractivity contribution is 7.16. The number of aromatic nitrogens is 1. The predicted octanol–water partition coefficient (Wildman–Crippen LogP) is 3.37. The fourth-order valence-electron chi connectivity index (χ4n) is 3.02. The van der Waals surface area contributed by atoms with Gasteiger partial charge >= 0.3 is 5.97 Å². The number of methoxy groups -OCH3 is 2. The molecule has 1 amide bonds. The summed E-state index contributed by atoms with van der Waals surface area (Å²) in [5.74, 6) is -0.603. The molecule has 2 aromatic carbocycles. The Bertz CT molecular complexity index is 1080. The zero-order valence-electron chi connectivity index (χ0n) is 16.8. The number of nitrogens with zero attached hydrogens (tertiary/aromatic N) is 2. The van der Waals surface area contributed by atoms with E-state index in [0.29, 0.717) is 23.5 Å². The van der Waals surface area contributed by atoms with Gasteiger partial charge in [0.15, 0.2) is 4.80 Å². The summed E-state index contributed by atoms with van der Waals surface area (Å²) in [7, 11) is 2.98. The molecule has 6 nitrogen and oxygen atoms in total. The van der Waals surface area contributed by atoms with Crippen LogP contribution in [0.25, 0.3) is 10.2 Å². The molecular formula is C22H24N2O4S. The van der Waals surface area contributed by atoms with E-state index in [4.69, 9.17) is 9.47 Å². The Kier molecular flexibility index (Phi) is 6.95. The number of benzene rings is 2. The standard InChI is InChI=1S/C22H24N2O4S/c1-4-15-5-7-16(8-6-15)13-20(25)23-22-24(11-12-27-2)18-10-9-17(21(26)28-3)14-19(18)29-22/h5-10,14H,4,11-13H2,1-3H3. The third kappa shape index (κ3) is 4.99. The smallest absolute Gasteiger partial charge is 0.337 e. The molecule has 0 aliphatic rings. The van der Waals surface area contributed by atoms with E-state index in [2.05, 4.69) is 11.9 Å². The van der Waals surface area contributed by atoms with E-state index in [1.54, 1.807) is 19.2 Å². The second-order valence-electron chi connectivity index (χ2n) is 6.56. The third-order valence-electron chi connectivity index (χ3n) is 4.63. The Labute approximate surface area is 173 Å². The summed E-state index contributed by atoms with van der Waals surface area (Å²) in [6, 6.07) is 13.3. The fourth-order valence-corrected chi connectivity index (χ4v) is 4.13. The van der Waals surface area contributed by atoms with Crippen molar-refractivity contribution in [3.8, 4) is 0 Å². The molecule has 0 unspecified atom stereocenters. The summed E-state index contributed by atoms with van der Waals surface area (Å²) in [6.45, 7) is 3.15. The maximum atomic E-state index is 12.6. The molecule has 0 saturated heterocycles. The van der Waals surface area contributed by atoms with Gasteiger partial charge in [-0.25, -0.2) is 4.79 Å². The van der Waals surface area contributed by atoms with Crippen molar-refractivity contribution in [2.24, 2.45) is 4.99 Å². The molecule has 0 spiro atoms. The molecule has 3 aromatic rings. The lowest BCUT2D eigenvalue weighted by atomic mass is 10.1. The SMILES string of the molecule is CCc1ccc(CC(=O)N=c2sc3cc(C(=O)OC)ccc3n2CCOC)cc1. The van der Waals surface area contributed by atoms with Gasteiger partial charge in [-0.05, 0) is 35.7 Å². The summed E-state index contributed by atoms with van der Waals surface area (Å²) in [5, 5.41) is 0. The Hall–Kier alpha value is -2.77. The zero-order chi connectivity index (χ0) is 20.8. The topological polar surface area (TPSA) is 69.9 Å². The van der Waals surface area contributed by atoms with Crippen LogP contribution in [0.1, 0.15) is 28.4 Å². The largest absolute Gasteiger partial charge is 0.465 e. The summed E-state index contributed by atoms with van der Waals surface area (Å²) in [6.07, 6.45) is 1.21. The molecule has 1 heterocycles. The Balaban J connectivity index is 1.96. The number of rotatable bonds is 7. The minimum atomic E-state index is -0.395. The first-order valence-electron chi connectivity index (χ1n) is 9.41. The van der Waals surface area contributed by atoms with Crippen LogP contribution in [0.15, 0.2) is 47.5 Å². The minimum Gasteiger partial charge on any atom is -0.465 e.